The Labute approximate surface area is 63.0 Å². The van der Waals surface area contributed by atoms with Crippen molar-refractivity contribution in [1.82, 2.24) is 0 Å². The predicted octanol–water partition coefficient (Wildman–Crippen LogP) is 2.52. The molecule has 4 atom stereocenters. The molecule has 9 heavy (non-hydrogen) atoms. The standard InChI is InChI=1S/C7H10BrF/c8-7-4-1-2-5(7)6(9)3-4/h4-7H,1-3H2/t4-,5+,6-,7+/m0/s1. The van der Waals surface area contributed by atoms with Gasteiger partial charge in [0.2, 0.25) is 0 Å². The summed E-state index contributed by atoms with van der Waals surface area (Å²) >= 11 is 3.53. The van der Waals surface area contributed by atoms with E-state index in [1.165, 1.54) is 6.42 Å². The first-order valence-corrected chi connectivity index (χ1v) is 4.49. The molecular weight excluding hydrogens is 183 g/mol. The third kappa shape index (κ3) is 0.754. The van der Waals surface area contributed by atoms with E-state index >= 15 is 0 Å². The Kier molecular flexibility index (Phi) is 1.33. The number of fused-ring (bicyclic) bond motifs is 2. The molecule has 0 unspecified atom stereocenters. The van der Waals surface area contributed by atoms with Crippen molar-refractivity contribution in [2.75, 3.05) is 0 Å². The van der Waals surface area contributed by atoms with Crippen molar-refractivity contribution in [3.8, 4) is 0 Å². The van der Waals surface area contributed by atoms with Gasteiger partial charge in [-0.05, 0) is 25.2 Å². The van der Waals surface area contributed by atoms with Gasteiger partial charge in [0.15, 0.2) is 0 Å². The van der Waals surface area contributed by atoms with Gasteiger partial charge in [-0.3, -0.25) is 0 Å². The van der Waals surface area contributed by atoms with Crippen LogP contribution in [-0.2, 0) is 0 Å². The highest BCUT2D eigenvalue weighted by Gasteiger charge is 2.46. The van der Waals surface area contributed by atoms with Gasteiger partial charge in [0, 0.05) is 10.7 Å². The zero-order valence-electron chi connectivity index (χ0n) is 5.19. The number of hydrogen-bond donors (Lipinski definition) is 0. The third-order valence-corrected chi connectivity index (χ3v) is 4.15. The Balaban J connectivity index is 2.16. The van der Waals surface area contributed by atoms with Crippen molar-refractivity contribution >= 4 is 15.9 Å². The average Bonchev–Trinajstić information content (AvgIpc) is 2.25. The van der Waals surface area contributed by atoms with E-state index < -0.39 is 6.17 Å². The Morgan fingerprint density at radius 1 is 1.33 bits per heavy atom. The number of rotatable bonds is 0. The van der Waals surface area contributed by atoms with E-state index in [2.05, 4.69) is 15.9 Å². The molecule has 0 aromatic rings. The second kappa shape index (κ2) is 1.94. The van der Waals surface area contributed by atoms with Crippen LogP contribution in [0.4, 0.5) is 4.39 Å². The maximum absolute atomic E-state index is 12.8. The largest absolute Gasteiger partial charge is 0.247 e. The van der Waals surface area contributed by atoms with E-state index in [1.807, 2.05) is 0 Å². The lowest BCUT2D eigenvalue weighted by atomic mass is 9.99. The van der Waals surface area contributed by atoms with Gasteiger partial charge in [-0.15, -0.1) is 0 Å². The summed E-state index contributed by atoms with van der Waals surface area (Å²) in [6, 6.07) is 0. The fraction of sp³-hybridized carbons (Fsp3) is 1.00. The molecule has 0 amide bonds. The van der Waals surface area contributed by atoms with Gasteiger partial charge in [-0.25, -0.2) is 4.39 Å². The van der Waals surface area contributed by atoms with E-state index in [0.717, 1.165) is 12.8 Å². The van der Waals surface area contributed by atoms with Crippen molar-refractivity contribution in [2.45, 2.75) is 30.3 Å². The van der Waals surface area contributed by atoms with E-state index in [0.29, 0.717) is 16.7 Å². The quantitative estimate of drug-likeness (QED) is 0.518. The first kappa shape index (κ1) is 6.14. The molecule has 2 aliphatic carbocycles. The summed E-state index contributed by atoms with van der Waals surface area (Å²) in [5.41, 5.74) is 0. The molecule has 2 aliphatic rings. The molecule has 0 aliphatic heterocycles. The highest BCUT2D eigenvalue weighted by atomic mass is 79.9. The molecule has 52 valence electrons. The Morgan fingerprint density at radius 2 is 2.11 bits per heavy atom. The lowest BCUT2D eigenvalue weighted by Gasteiger charge is -2.11. The lowest BCUT2D eigenvalue weighted by molar-refractivity contribution is 0.231. The van der Waals surface area contributed by atoms with Crippen LogP contribution in [0.25, 0.3) is 0 Å². The molecule has 0 saturated heterocycles. The first-order chi connectivity index (χ1) is 4.29. The zero-order chi connectivity index (χ0) is 6.43. The Morgan fingerprint density at radius 3 is 2.33 bits per heavy atom. The summed E-state index contributed by atoms with van der Waals surface area (Å²) < 4.78 is 12.8. The van der Waals surface area contributed by atoms with Crippen molar-refractivity contribution in [1.29, 1.82) is 0 Å². The molecule has 0 N–H and O–H groups in total. The zero-order valence-corrected chi connectivity index (χ0v) is 6.77. The van der Waals surface area contributed by atoms with E-state index in [-0.39, 0.29) is 0 Å². The minimum Gasteiger partial charge on any atom is -0.247 e. The highest BCUT2D eigenvalue weighted by Crippen LogP contribution is 2.49. The van der Waals surface area contributed by atoms with Gasteiger partial charge in [0.1, 0.15) is 6.17 Å². The monoisotopic (exact) mass is 192 g/mol. The van der Waals surface area contributed by atoms with Crippen LogP contribution in [-0.4, -0.2) is 11.0 Å². The lowest BCUT2D eigenvalue weighted by Crippen LogP contribution is -2.12. The molecule has 0 radical (unpaired) electrons. The normalized spacial score (nSPS) is 56.7. The van der Waals surface area contributed by atoms with Crippen LogP contribution in [0.2, 0.25) is 0 Å². The smallest absolute Gasteiger partial charge is 0.104 e. The maximum Gasteiger partial charge on any atom is 0.104 e. The summed E-state index contributed by atoms with van der Waals surface area (Å²) in [4.78, 5) is 0.507. The fourth-order valence-electron chi connectivity index (χ4n) is 2.17. The molecule has 2 fully saturated rings. The Hall–Kier alpha value is 0.410. The van der Waals surface area contributed by atoms with Gasteiger partial charge >= 0.3 is 0 Å². The first-order valence-electron chi connectivity index (χ1n) is 3.57. The molecule has 0 nitrogen and oxygen atoms in total. The van der Waals surface area contributed by atoms with Crippen LogP contribution in [0.5, 0.6) is 0 Å². The van der Waals surface area contributed by atoms with Crippen molar-refractivity contribution in [3.63, 3.8) is 0 Å². The highest BCUT2D eigenvalue weighted by molar-refractivity contribution is 9.09. The topological polar surface area (TPSA) is 0 Å². The summed E-state index contributed by atoms with van der Waals surface area (Å²) in [7, 11) is 0. The summed E-state index contributed by atoms with van der Waals surface area (Å²) in [6.45, 7) is 0. The molecule has 0 spiro atoms. The summed E-state index contributed by atoms with van der Waals surface area (Å²) in [6.07, 6.45) is 2.69. The van der Waals surface area contributed by atoms with Crippen molar-refractivity contribution in [2.24, 2.45) is 11.8 Å². The van der Waals surface area contributed by atoms with Crippen LogP contribution in [0.15, 0.2) is 0 Å². The maximum atomic E-state index is 12.8. The van der Waals surface area contributed by atoms with Crippen molar-refractivity contribution < 1.29 is 4.39 Å². The number of hydrogen-bond acceptors (Lipinski definition) is 0. The summed E-state index contributed by atoms with van der Waals surface area (Å²) in [5.74, 6) is 1.01. The predicted molar refractivity (Wildman–Crippen MR) is 38.4 cm³/mol. The molecule has 0 aromatic carbocycles. The molecule has 2 heteroatoms. The third-order valence-electron chi connectivity index (χ3n) is 2.72. The minimum absolute atomic E-state index is 0.356. The van der Waals surface area contributed by atoms with Gasteiger partial charge < -0.3 is 0 Å². The second-order valence-electron chi connectivity index (χ2n) is 3.20. The van der Waals surface area contributed by atoms with E-state index in [1.54, 1.807) is 0 Å². The summed E-state index contributed by atoms with van der Waals surface area (Å²) in [5, 5.41) is 0. The SMILES string of the molecule is F[C@H]1C[C@@H]2CC[C@H]1[C@@H]2Br. The van der Waals surface area contributed by atoms with Crippen LogP contribution >= 0.6 is 15.9 Å². The van der Waals surface area contributed by atoms with Crippen LogP contribution in [0.1, 0.15) is 19.3 Å². The number of alkyl halides is 2. The second-order valence-corrected chi connectivity index (χ2v) is 4.25. The van der Waals surface area contributed by atoms with Crippen LogP contribution < -0.4 is 0 Å². The molecule has 0 aromatic heterocycles. The molecule has 2 saturated carbocycles. The molecule has 2 bridgehead atoms. The van der Waals surface area contributed by atoms with Gasteiger partial charge in [-0.1, -0.05) is 15.9 Å². The van der Waals surface area contributed by atoms with Crippen LogP contribution in [0.3, 0.4) is 0 Å². The van der Waals surface area contributed by atoms with Gasteiger partial charge in [0.05, 0.1) is 0 Å². The minimum atomic E-state index is -0.492. The molecular formula is C7H10BrF. The molecule has 2 rings (SSSR count). The average molecular weight is 193 g/mol. The van der Waals surface area contributed by atoms with Gasteiger partial charge in [-0.2, -0.15) is 0 Å². The van der Waals surface area contributed by atoms with Crippen molar-refractivity contribution in [3.05, 3.63) is 0 Å². The van der Waals surface area contributed by atoms with Gasteiger partial charge in [0.25, 0.3) is 0 Å². The fourth-order valence-corrected chi connectivity index (χ4v) is 3.24. The van der Waals surface area contributed by atoms with E-state index in [4.69, 9.17) is 0 Å². The Bertz CT molecular complexity index is 126. The van der Waals surface area contributed by atoms with Crippen LogP contribution in [0, 0.1) is 11.8 Å². The number of halogens is 2. The van der Waals surface area contributed by atoms with E-state index in [9.17, 15) is 4.39 Å². The molecule has 0 heterocycles.